The summed E-state index contributed by atoms with van der Waals surface area (Å²) in [5, 5.41) is 9.28. The normalized spacial score (nSPS) is 11.8. The van der Waals surface area contributed by atoms with Crippen LogP contribution in [0.4, 0.5) is 0 Å². The molecule has 0 aliphatic rings. The number of hydrogen-bond donors (Lipinski definition) is 3. The highest BCUT2D eigenvalue weighted by Crippen LogP contribution is 2.31. The molecule has 2 aromatic carbocycles. The van der Waals surface area contributed by atoms with Crippen molar-refractivity contribution in [3.63, 3.8) is 0 Å². The summed E-state index contributed by atoms with van der Waals surface area (Å²) >= 11 is 0. The number of carboxylic acids is 1. The van der Waals surface area contributed by atoms with Gasteiger partial charge in [0.2, 0.25) is 10.0 Å². The lowest BCUT2D eigenvalue weighted by molar-refractivity contribution is 0.0697. The van der Waals surface area contributed by atoms with Crippen molar-refractivity contribution in [1.82, 2.24) is 14.7 Å². The van der Waals surface area contributed by atoms with Crippen LogP contribution in [0.25, 0.3) is 22.3 Å². The minimum absolute atomic E-state index is 0.00742. The maximum Gasteiger partial charge on any atom is 0.335 e. The zero-order valence-corrected chi connectivity index (χ0v) is 18.8. The average Bonchev–Trinajstić information content (AvgIpc) is 2.72. The molecule has 3 rings (SSSR count). The quantitative estimate of drug-likeness (QED) is 0.418. The van der Waals surface area contributed by atoms with Gasteiger partial charge in [-0.1, -0.05) is 13.3 Å². The number of hydrogen-bond acceptors (Lipinski definition) is 6. The molecule has 0 amide bonds. The van der Waals surface area contributed by atoms with Gasteiger partial charge in [-0.3, -0.25) is 4.79 Å². The van der Waals surface area contributed by atoms with Crippen molar-refractivity contribution in [3.8, 4) is 17.1 Å². The summed E-state index contributed by atoms with van der Waals surface area (Å²) in [7, 11) is -3.79. The third kappa shape index (κ3) is 5.14. The fraction of sp³-hybridized carbons (Fsp3) is 0.318. The van der Waals surface area contributed by atoms with Crippen molar-refractivity contribution in [2.45, 2.75) is 44.6 Å². The van der Waals surface area contributed by atoms with Gasteiger partial charge in [0.05, 0.1) is 33.5 Å². The van der Waals surface area contributed by atoms with Gasteiger partial charge in [-0.05, 0) is 56.7 Å². The van der Waals surface area contributed by atoms with E-state index in [-0.39, 0.29) is 33.2 Å². The van der Waals surface area contributed by atoms with Crippen molar-refractivity contribution >= 4 is 26.9 Å². The Bertz CT molecular complexity index is 1310. The molecule has 10 heteroatoms. The third-order valence-corrected chi connectivity index (χ3v) is 6.27. The molecule has 1 heterocycles. The second kappa shape index (κ2) is 9.49. The van der Waals surface area contributed by atoms with Crippen LogP contribution in [-0.2, 0) is 10.0 Å². The Labute approximate surface area is 185 Å². The predicted octanol–water partition coefficient (Wildman–Crippen LogP) is 3.15. The first-order valence-electron chi connectivity index (χ1n) is 10.2. The highest BCUT2D eigenvalue weighted by atomic mass is 32.2. The number of carboxylic acid groups (broad SMARTS) is 1. The van der Waals surface area contributed by atoms with E-state index in [0.717, 1.165) is 12.8 Å². The fourth-order valence-corrected chi connectivity index (χ4v) is 4.37. The van der Waals surface area contributed by atoms with E-state index in [9.17, 15) is 18.0 Å². The number of sulfonamides is 1. The molecule has 32 heavy (non-hydrogen) atoms. The monoisotopic (exact) mass is 459 g/mol. The van der Waals surface area contributed by atoms with E-state index >= 15 is 0 Å². The van der Waals surface area contributed by atoms with E-state index in [1.54, 1.807) is 13.8 Å². The number of nitrogens with one attached hydrogen (secondary N) is 2. The lowest BCUT2D eigenvalue weighted by Gasteiger charge is -2.15. The predicted molar refractivity (Wildman–Crippen MR) is 121 cm³/mol. The summed E-state index contributed by atoms with van der Waals surface area (Å²) in [4.78, 5) is 31.0. The Hall–Kier alpha value is -3.24. The van der Waals surface area contributed by atoms with Crippen molar-refractivity contribution in [2.75, 3.05) is 6.61 Å². The molecule has 3 aromatic rings. The summed E-state index contributed by atoms with van der Waals surface area (Å²) in [5.74, 6) is -0.650. The first kappa shape index (κ1) is 23.4. The Morgan fingerprint density at radius 2 is 1.97 bits per heavy atom. The van der Waals surface area contributed by atoms with Gasteiger partial charge in [-0.2, -0.15) is 0 Å². The van der Waals surface area contributed by atoms with E-state index in [1.807, 2.05) is 6.92 Å². The second-order valence-electron chi connectivity index (χ2n) is 7.59. The molecule has 0 bridgehead atoms. The molecule has 3 N–H and O–H groups in total. The Balaban J connectivity index is 2.17. The van der Waals surface area contributed by atoms with Gasteiger partial charge in [0.1, 0.15) is 11.6 Å². The minimum Gasteiger partial charge on any atom is -0.493 e. The highest BCUT2D eigenvalue weighted by molar-refractivity contribution is 7.89. The number of H-pyrrole nitrogens is 1. The van der Waals surface area contributed by atoms with Gasteiger partial charge >= 0.3 is 5.97 Å². The Morgan fingerprint density at radius 3 is 2.62 bits per heavy atom. The van der Waals surface area contributed by atoms with Crippen molar-refractivity contribution in [2.24, 2.45) is 0 Å². The second-order valence-corrected chi connectivity index (χ2v) is 9.30. The first-order chi connectivity index (χ1) is 15.1. The first-order valence-corrected chi connectivity index (χ1v) is 11.7. The van der Waals surface area contributed by atoms with Gasteiger partial charge in [0.25, 0.3) is 5.56 Å². The molecule has 0 aliphatic heterocycles. The number of benzene rings is 2. The number of aromatic amines is 1. The van der Waals surface area contributed by atoms with Gasteiger partial charge < -0.3 is 14.8 Å². The molecular weight excluding hydrogens is 434 g/mol. The minimum atomic E-state index is -3.79. The summed E-state index contributed by atoms with van der Waals surface area (Å²) in [6.45, 7) is 5.87. The van der Waals surface area contributed by atoms with Crippen LogP contribution in [0, 0.1) is 0 Å². The number of aromatic nitrogens is 2. The number of ether oxygens (including phenoxy) is 1. The molecule has 0 saturated heterocycles. The van der Waals surface area contributed by atoms with Crippen molar-refractivity contribution < 1.29 is 23.1 Å². The van der Waals surface area contributed by atoms with Crippen LogP contribution in [0.15, 0.2) is 46.1 Å². The average molecular weight is 460 g/mol. The Kier molecular flexibility index (Phi) is 6.95. The zero-order valence-electron chi connectivity index (χ0n) is 18.0. The van der Waals surface area contributed by atoms with E-state index in [2.05, 4.69) is 14.7 Å². The lowest BCUT2D eigenvalue weighted by Crippen LogP contribution is -2.30. The number of rotatable bonds is 9. The maximum atomic E-state index is 12.7. The van der Waals surface area contributed by atoms with Crippen LogP contribution in [0.2, 0.25) is 0 Å². The van der Waals surface area contributed by atoms with Crippen molar-refractivity contribution in [3.05, 3.63) is 52.3 Å². The van der Waals surface area contributed by atoms with Crippen LogP contribution in [0.3, 0.4) is 0 Å². The number of aromatic carboxylic acids is 1. The molecule has 0 saturated carbocycles. The molecule has 0 spiro atoms. The van der Waals surface area contributed by atoms with Gasteiger partial charge in [-0.25, -0.2) is 22.9 Å². The van der Waals surface area contributed by atoms with Crippen LogP contribution in [0.1, 0.15) is 44.0 Å². The number of carbonyl (C=O) groups is 1. The van der Waals surface area contributed by atoms with Gasteiger partial charge in [0.15, 0.2) is 0 Å². The van der Waals surface area contributed by atoms with Crippen LogP contribution >= 0.6 is 0 Å². The fourth-order valence-electron chi connectivity index (χ4n) is 3.09. The zero-order chi connectivity index (χ0) is 23.5. The highest BCUT2D eigenvalue weighted by Gasteiger charge is 2.20. The van der Waals surface area contributed by atoms with E-state index in [1.165, 1.54) is 36.4 Å². The molecule has 0 unspecified atom stereocenters. The summed E-state index contributed by atoms with van der Waals surface area (Å²) in [6.07, 6.45) is 1.71. The molecule has 1 aromatic heterocycles. The molecule has 0 atom stereocenters. The summed E-state index contributed by atoms with van der Waals surface area (Å²) < 4.78 is 33.7. The number of fused-ring (bicyclic) bond motifs is 1. The van der Waals surface area contributed by atoms with E-state index in [4.69, 9.17) is 9.84 Å². The standard InChI is InChI=1S/C22H25N3O6S/c1-4-5-10-31-19-9-7-15(32(29,30)25-13(2)3)12-17(19)20-23-18-8-6-14(22(27)28)11-16(18)21(26)24-20/h6-9,11-13,25H,4-5,10H2,1-3H3,(H,27,28)(H,23,24,26). The van der Waals surface area contributed by atoms with Gasteiger partial charge in [0, 0.05) is 6.04 Å². The van der Waals surface area contributed by atoms with Crippen molar-refractivity contribution in [1.29, 1.82) is 0 Å². The third-order valence-electron chi connectivity index (χ3n) is 4.62. The largest absolute Gasteiger partial charge is 0.493 e. The molecule has 0 aliphatic carbocycles. The lowest BCUT2D eigenvalue weighted by atomic mass is 10.1. The number of nitrogens with zero attached hydrogens (tertiary/aromatic N) is 1. The molecule has 0 fully saturated rings. The van der Waals surface area contributed by atoms with E-state index < -0.39 is 21.6 Å². The SMILES string of the molecule is CCCCOc1ccc(S(=O)(=O)NC(C)C)cc1-c1nc2ccc(C(=O)O)cc2c(=O)[nH]1. The molecule has 0 radical (unpaired) electrons. The van der Waals surface area contributed by atoms with Crippen LogP contribution in [-0.4, -0.2) is 42.1 Å². The molecular formula is C22H25N3O6S. The van der Waals surface area contributed by atoms with Crippen LogP contribution < -0.4 is 15.0 Å². The smallest absolute Gasteiger partial charge is 0.335 e. The Morgan fingerprint density at radius 1 is 1.22 bits per heavy atom. The van der Waals surface area contributed by atoms with E-state index in [0.29, 0.717) is 17.9 Å². The molecule has 9 nitrogen and oxygen atoms in total. The number of unbranched alkanes of at least 4 members (excludes halogenated alkanes) is 1. The maximum absolute atomic E-state index is 12.7. The molecule has 170 valence electrons. The summed E-state index contributed by atoms with van der Waals surface area (Å²) in [5.41, 5.74) is 0.0195. The summed E-state index contributed by atoms with van der Waals surface area (Å²) in [6, 6.07) is 8.13. The van der Waals surface area contributed by atoms with Crippen LogP contribution in [0.5, 0.6) is 5.75 Å². The van der Waals surface area contributed by atoms with Gasteiger partial charge in [-0.15, -0.1) is 0 Å². The topological polar surface area (TPSA) is 138 Å².